The predicted molar refractivity (Wildman–Crippen MR) is 187 cm³/mol. The highest BCUT2D eigenvalue weighted by atomic mass is 16.3. The number of aromatic hydroxyl groups is 4. The molecule has 4 N–H and O–H groups in total. The molecule has 0 aromatic heterocycles. The van der Waals surface area contributed by atoms with Crippen molar-refractivity contribution in [1.82, 2.24) is 0 Å². The van der Waals surface area contributed by atoms with Crippen molar-refractivity contribution in [3.8, 4) is 23.0 Å². The fraction of sp³-hybridized carbons (Fsp3) is 0.163. The molecular formula is C43H38O4. The van der Waals surface area contributed by atoms with Crippen LogP contribution in [0.1, 0.15) is 72.3 Å². The van der Waals surface area contributed by atoms with E-state index in [1.165, 1.54) is 0 Å². The summed E-state index contributed by atoms with van der Waals surface area (Å²) in [5.41, 5.74) is 11.1. The number of benzene rings is 6. The number of fused-ring (bicyclic) bond motifs is 8. The van der Waals surface area contributed by atoms with Gasteiger partial charge in [-0.2, -0.15) is 0 Å². The van der Waals surface area contributed by atoms with Crippen LogP contribution >= 0.6 is 0 Å². The number of hydrogen-bond acceptors (Lipinski definition) is 4. The summed E-state index contributed by atoms with van der Waals surface area (Å²) in [4.78, 5) is 0. The first-order valence-corrected chi connectivity index (χ1v) is 16.2. The van der Waals surface area contributed by atoms with Crippen molar-refractivity contribution in [1.29, 1.82) is 0 Å². The van der Waals surface area contributed by atoms with E-state index in [0.29, 0.717) is 55.2 Å². The highest BCUT2D eigenvalue weighted by molar-refractivity contribution is 5.57. The topological polar surface area (TPSA) is 80.9 Å². The van der Waals surface area contributed by atoms with Gasteiger partial charge in [0.25, 0.3) is 0 Å². The molecule has 6 aromatic carbocycles. The molecule has 1 aliphatic rings. The van der Waals surface area contributed by atoms with Crippen molar-refractivity contribution in [3.05, 3.63) is 188 Å². The maximum Gasteiger partial charge on any atom is 0.122 e. The predicted octanol–water partition coefficient (Wildman–Crippen LogP) is 8.68. The van der Waals surface area contributed by atoms with Gasteiger partial charge in [0.1, 0.15) is 23.0 Å². The van der Waals surface area contributed by atoms with Gasteiger partial charge >= 0.3 is 0 Å². The quantitative estimate of drug-likeness (QED) is 0.159. The van der Waals surface area contributed by atoms with Crippen molar-refractivity contribution in [2.75, 3.05) is 0 Å². The van der Waals surface area contributed by atoms with Crippen LogP contribution in [-0.2, 0) is 38.5 Å². The third kappa shape index (κ3) is 6.45. The van der Waals surface area contributed by atoms with Gasteiger partial charge in [0, 0.05) is 25.7 Å². The van der Waals surface area contributed by atoms with Crippen LogP contribution in [0.3, 0.4) is 0 Å². The number of hydrogen-bond donors (Lipinski definition) is 4. The largest absolute Gasteiger partial charge is 0.507 e. The van der Waals surface area contributed by atoms with Gasteiger partial charge in [-0.05, 0) is 86.5 Å². The van der Waals surface area contributed by atoms with E-state index in [4.69, 9.17) is 0 Å². The Bertz CT molecular complexity index is 2080. The molecule has 0 atom stereocenters. The summed E-state index contributed by atoms with van der Waals surface area (Å²) in [5, 5.41) is 46.6. The zero-order valence-electron chi connectivity index (χ0n) is 26.5. The van der Waals surface area contributed by atoms with Crippen LogP contribution < -0.4 is 0 Å². The lowest BCUT2D eigenvalue weighted by Crippen LogP contribution is -2.03. The molecule has 0 heterocycles. The molecule has 1 aliphatic carbocycles. The fourth-order valence-electron chi connectivity index (χ4n) is 7.02. The van der Waals surface area contributed by atoms with Crippen molar-refractivity contribution in [3.63, 3.8) is 0 Å². The third-order valence-corrected chi connectivity index (χ3v) is 9.30. The van der Waals surface area contributed by atoms with E-state index in [0.717, 1.165) is 55.6 Å². The van der Waals surface area contributed by atoms with Gasteiger partial charge in [-0.1, -0.05) is 121 Å². The van der Waals surface area contributed by atoms with Crippen LogP contribution in [0, 0.1) is 6.92 Å². The van der Waals surface area contributed by atoms with E-state index in [2.05, 4.69) is 24.3 Å². The number of rotatable bonds is 4. The molecule has 7 rings (SSSR count). The molecule has 0 saturated carbocycles. The van der Waals surface area contributed by atoms with Crippen molar-refractivity contribution in [2.45, 2.75) is 45.4 Å². The van der Waals surface area contributed by atoms with E-state index < -0.39 is 0 Å². The maximum absolute atomic E-state index is 11.8. The Morgan fingerprint density at radius 3 is 1.06 bits per heavy atom. The highest BCUT2D eigenvalue weighted by Crippen LogP contribution is 2.39. The Balaban J connectivity index is 1.43. The van der Waals surface area contributed by atoms with Gasteiger partial charge < -0.3 is 20.4 Å². The smallest absolute Gasteiger partial charge is 0.122 e. The maximum atomic E-state index is 11.8. The Labute approximate surface area is 275 Å². The Morgan fingerprint density at radius 1 is 0.362 bits per heavy atom. The van der Waals surface area contributed by atoms with Crippen molar-refractivity contribution in [2.24, 2.45) is 0 Å². The molecule has 4 nitrogen and oxygen atoms in total. The Hall–Kier alpha value is -5.48. The summed E-state index contributed by atoms with van der Waals surface area (Å²) < 4.78 is 0. The average molecular weight is 619 g/mol. The molecule has 234 valence electrons. The van der Waals surface area contributed by atoms with Crippen molar-refractivity contribution < 1.29 is 20.4 Å². The summed E-state index contributed by atoms with van der Waals surface area (Å²) >= 11 is 0. The minimum Gasteiger partial charge on any atom is -0.507 e. The van der Waals surface area contributed by atoms with E-state index >= 15 is 0 Å². The van der Waals surface area contributed by atoms with Gasteiger partial charge in [0.15, 0.2) is 0 Å². The number of phenolic OH excluding ortho intramolecular Hbond substituents is 4. The number of phenols is 4. The number of para-hydroxylation sites is 1. The van der Waals surface area contributed by atoms with E-state index in [9.17, 15) is 20.4 Å². The molecule has 0 spiro atoms. The zero-order chi connectivity index (χ0) is 32.5. The molecule has 4 heteroatoms. The minimum atomic E-state index is 0.171. The van der Waals surface area contributed by atoms with Crippen LogP contribution in [0.5, 0.6) is 23.0 Å². The van der Waals surface area contributed by atoms with Crippen molar-refractivity contribution >= 4 is 0 Å². The molecular weight excluding hydrogens is 580 g/mol. The minimum absolute atomic E-state index is 0.171. The lowest BCUT2D eigenvalue weighted by Gasteiger charge is -2.19. The van der Waals surface area contributed by atoms with Crippen LogP contribution in [-0.4, -0.2) is 20.4 Å². The van der Waals surface area contributed by atoms with E-state index in [1.807, 2.05) is 97.9 Å². The second-order valence-electron chi connectivity index (χ2n) is 12.9. The molecule has 0 amide bonds. The van der Waals surface area contributed by atoms with Crippen LogP contribution in [0.15, 0.2) is 115 Å². The summed E-state index contributed by atoms with van der Waals surface area (Å²) in [6.07, 6.45) is 2.70. The van der Waals surface area contributed by atoms with E-state index in [-0.39, 0.29) is 23.0 Å². The van der Waals surface area contributed by atoms with Gasteiger partial charge in [0.05, 0.1) is 0 Å². The van der Waals surface area contributed by atoms with Gasteiger partial charge in [0.2, 0.25) is 0 Å². The molecule has 0 aliphatic heterocycles. The molecule has 0 saturated heterocycles. The van der Waals surface area contributed by atoms with Gasteiger partial charge in [-0.25, -0.2) is 0 Å². The normalized spacial score (nSPS) is 12.5. The van der Waals surface area contributed by atoms with Crippen LogP contribution in [0.4, 0.5) is 0 Å². The summed E-state index contributed by atoms with van der Waals surface area (Å²) in [6.45, 7) is 2.00. The molecule has 8 bridgehead atoms. The van der Waals surface area contributed by atoms with Crippen LogP contribution in [0.2, 0.25) is 0 Å². The third-order valence-electron chi connectivity index (χ3n) is 9.30. The summed E-state index contributed by atoms with van der Waals surface area (Å²) in [5.74, 6) is 0.695. The fourth-order valence-corrected chi connectivity index (χ4v) is 7.02. The zero-order valence-corrected chi connectivity index (χ0v) is 26.5. The second-order valence-corrected chi connectivity index (χ2v) is 12.9. The molecule has 0 fully saturated rings. The highest BCUT2D eigenvalue weighted by Gasteiger charge is 2.21. The first-order chi connectivity index (χ1) is 22.8. The molecule has 6 aromatic rings. The standard InChI is InChI=1S/C43H38O4/c1-27-15-34-23-32-13-8-14-33(40(32)44)24-36-19-30(17-28-9-4-2-5-10-28)21-38(42(36)46)26-39-22-31(18-29-11-6-3-7-12-29)20-37(43(39)47)25-35(16-27)41(34)45/h2-16,19-22,44-47H,17-18,23-26H2,1H3. The Kier molecular flexibility index (Phi) is 8.17. The SMILES string of the molecule is Cc1cc2c(O)c(c1)Cc1cc(Cc3ccccc3)cc(c1O)Cc1cc(Cc3ccccc3)cc(c1O)Cc1cccc(c1O)C2. The second kappa shape index (κ2) is 12.7. The van der Waals surface area contributed by atoms with Crippen LogP contribution in [0.25, 0.3) is 0 Å². The van der Waals surface area contributed by atoms with Gasteiger partial charge in [-0.15, -0.1) is 0 Å². The molecule has 0 radical (unpaired) electrons. The average Bonchev–Trinajstić information content (AvgIpc) is 3.06. The molecule has 47 heavy (non-hydrogen) atoms. The lowest BCUT2D eigenvalue weighted by atomic mass is 9.88. The monoisotopic (exact) mass is 618 g/mol. The summed E-state index contributed by atoms with van der Waals surface area (Å²) in [7, 11) is 0. The molecule has 0 unspecified atom stereocenters. The lowest BCUT2D eigenvalue weighted by molar-refractivity contribution is 0.450. The Morgan fingerprint density at radius 2 is 0.681 bits per heavy atom. The first-order valence-electron chi connectivity index (χ1n) is 16.2. The van der Waals surface area contributed by atoms with E-state index in [1.54, 1.807) is 0 Å². The summed E-state index contributed by atoms with van der Waals surface area (Å²) in [6, 6.07) is 38.2. The van der Waals surface area contributed by atoms with Gasteiger partial charge in [-0.3, -0.25) is 0 Å². The number of aryl methyl sites for hydroxylation is 1. The first kappa shape index (κ1) is 30.2.